The SMILES string of the molecule is COC(=O)c1ccc(C(=O)OCCCC(=O)O)cc1. The molecular formula is C13H14O6. The highest BCUT2D eigenvalue weighted by Crippen LogP contribution is 2.07. The summed E-state index contributed by atoms with van der Waals surface area (Å²) in [5.41, 5.74) is 0.632. The Morgan fingerprint density at radius 1 is 1.05 bits per heavy atom. The molecule has 0 aliphatic heterocycles. The third-order valence-corrected chi connectivity index (χ3v) is 2.31. The molecular weight excluding hydrogens is 252 g/mol. The fourth-order valence-corrected chi connectivity index (χ4v) is 1.33. The number of rotatable bonds is 6. The molecule has 1 N–H and O–H groups in total. The molecule has 19 heavy (non-hydrogen) atoms. The maximum absolute atomic E-state index is 11.6. The van der Waals surface area contributed by atoms with Gasteiger partial charge < -0.3 is 14.6 Å². The van der Waals surface area contributed by atoms with Crippen LogP contribution >= 0.6 is 0 Å². The maximum Gasteiger partial charge on any atom is 0.338 e. The number of carbonyl (C=O) groups is 3. The number of carboxylic acid groups (broad SMARTS) is 1. The monoisotopic (exact) mass is 266 g/mol. The lowest BCUT2D eigenvalue weighted by molar-refractivity contribution is -0.137. The molecule has 0 saturated carbocycles. The van der Waals surface area contributed by atoms with Gasteiger partial charge in [0.25, 0.3) is 0 Å². The van der Waals surface area contributed by atoms with Crippen LogP contribution in [0, 0.1) is 0 Å². The molecule has 0 fully saturated rings. The molecule has 0 heterocycles. The molecule has 0 saturated heterocycles. The number of carboxylic acids is 1. The first-order chi connectivity index (χ1) is 9.04. The van der Waals surface area contributed by atoms with Crippen molar-refractivity contribution in [3.05, 3.63) is 35.4 Å². The molecule has 6 heteroatoms. The summed E-state index contributed by atoms with van der Waals surface area (Å²) in [7, 11) is 1.27. The van der Waals surface area contributed by atoms with Gasteiger partial charge >= 0.3 is 17.9 Å². The van der Waals surface area contributed by atoms with Crippen LogP contribution in [0.5, 0.6) is 0 Å². The van der Waals surface area contributed by atoms with Crippen molar-refractivity contribution in [2.24, 2.45) is 0 Å². The summed E-state index contributed by atoms with van der Waals surface area (Å²) in [4.78, 5) is 33.0. The molecule has 0 aliphatic carbocycles. The van der Waals surface area contributed by atoms with E-state index in [0.717, 1.165) is 0 Å². The minimum absolute atomic E-state index is 0.0455. The third kappa shape index (κ3) is 4.79. The summed E-state index contributed by atoms with van der Waals surface area (Å²) >= 11 is 0. The largest absolute Gasteiger partial charge is 0.481 e. The topological polar surface area (TPSA) is 89.9 Å². The summed E-state index contributed by atoms with van der Waals surface area (Å²) in [6, 6.07) is 5.82. The Labute approximate surface area is 109 Å². The van der Waals surface area contributed by atoms with Crippen LogP contribution in [0.4, 0.5) is 0 Å². The van der Waals surface area contributed by atoms with Crippen molar-refractivity contribution in [3.8, 4) is 0 Å². The fourth-order valence-electron chi connectivity index (χ4n) is 1.33. The van der Waals surface area contributed by atoms with Gasteiger partial charge in [-0.2, -0.15) is 0 Å². The number of ether oxygens (including phenoxy) is 2. The van der Waals surface area contributed by atoms with Crippen LogP contribution < -0.4 is 0 Å². The van der Waals surface area contributed by atoms with Crippen LogP contribution in [0.2, 0.25) is 0 Å². The number of carbonyl (C=O) groups excluding carboxylic acids is 2. The van der Waals surface area contributed by atoms with Crippen LogP contribution in [0.1, 0.15) is 33.6 Å². The van der Waals surface area contributed by atoms with E-state index in [1.165, 1.54) is 31.4 Å². The van der Waals surface area contributed by atoms with E-state index in [0.29, 0.717) is 11.1 Å². The minimum atomic E-state index is -0.932. The highest BCUT2D eigenvalue weighted by molar-refractivity contribution is 5.93. The molecule has 0 bridgehead atoms. The maximum atomic E-state index is 11.6. The Kier molecular flexibility index (Phi) is 5.53. The molecule has 0 spiro atoms. The van der Waals surface area contributed by atoms with Gasteiger partial charge in [0.05, 0.1) is 24.8 Å². The number of hydrogen-bond acceptors (Lipinski definition) is 5. The molecule has 0 aromatic heterocycles. The smallest absolute Gasteiger partial charge is 0.338 e. The first-order valence-electron chi connectivity index (χ1n) is 5.62. The lowest BCUT2D eigenvalue weighted by Crippen LogP contribution is -2.08. The van der Waals surface area contributed by atoms with Crippen molar-refractivity contribution in [1.82, 2.24) is 0 Å². The van der Waals surface area contributed by atoms with E-state index in [1.54, 1.807) is 0 Å². The van der Waals surface area contributed by atoms with Crippen LogP contribution in [0.3, 0.4) is 0 Å². The normalized spacial score (nSPS) is 9.74. The Hall–Kier alpha value is -2.37. The van der Waals surface area contributed by atoms with E-state index >= 15 is 0 Å². The van der Waals surface area contributed by atoms with E-state index in [9.17, 15) is 14.4 Å². The average Bonchev–Trinajstić information content (AvgIpc) is 2.42. The molecule has 0 atom stereocenters. The van der Waals surface area contributed by atoms with Gasteiger partial charge in [-0.3, -0.25) is 4.79 Å². The molecule has 0 unspecified atom stereocenters. The van der Waals surface area contributed by atoms with Gasteiger partial charge in [0.2, 0.25) is 0 Å². The van der Waals surface area contributed by atoms with Crippen molar-refractivity contribution in [2.75, 3.05) is 13.7 Å². The van der Waals surface area contributed by atoms with Crippen molar-refractivity contribution in [3.63, 3.8) is 0 Å². The Morgan fingerprint density at radius 3 is 2.05 bits per heavy atom. The second-order valence-electron chi connectivity index (χ2n) is 3.70. The predicted molar refractivity (Wildman–Crippen MR) is 64.9 cm³/mol. The third-order valence-electron chi connectivity index (χ3n) is 2.31. The molecule has 0 aliphatic rings. The van der Waals surface area contributed by atoms with E-state index < -0.39 is 17.9 Å². The van der Waals surface area contributed by atoms with Crippen LogP contribution in [0.25, 0.3) is 0 Å². The predicted octanol–water partition coefficient (Wildman–Crippen LogP) is 1.49. The van der Waals surface area contributed by atoms with Gasteiger partial charge in [-0.05, 0) is 30.7 Å². The number of hydrogen-bond donors (Lipinski definition) is 1. The number of aliphatic carboxylic acids is 1. The second kappa shape index (κ2) is 7.15. The Morgan fingerprint density at radius 2 is 1.58 bits per heavy atom. The first kappa shape index (κ1) is 14.7. The standard InChI is InChI=1S/C13H14O6/c1-18-12(16)9-4-6-10(7-5-9)13(17)19-8-2-3-11(14)15/h4-7H,2-3,8H2,1H3,(H,14,15). The summed E-state index contributed by atoms with van der Waals surface area (Å²) in [6.45, 7) is 0.0455. The summed E-state index contributed by atoms with van der Waals surface area (Å²) < 4.78 is 9.41. The molecule has 0 amide bonds. The molecule has 1 aromatic carbocycles. The minimum Gasteiger partial charge on any atom is -0.481 e. The summed E-state index contributed by atoms with van der Waals surface area (Å²) in [5, 5.41) is 8.42. The lowest BCUT2D eigenvalue weighted by atomic mass is 10.1. The zero-order chi connectivity index (χ0) is 14.3. The second-order valence-corrected chi connectivity index (χ2v) is 3.70. The van der Waals surface area contributed by atoms with E-state index in [2.05, 4.69) is 4.74 Å². The molecule has 6 nitrogen and oxygen atoms in total. The number of methoxy groups -OCH3 is 1. The average molecular weight is 266 g/mol. The molecule has 102 valence electrons. The number of benzene rings is 1. The fraction of sp³-hybridized carbons (Fsp3) is 0.308. The van der Waals surface area contributed by atoms with Crippen LogP contribution in [-0.4, -0.2) is 36.7 Å². The quantitative estimate of drug-likeness (QED) is 0.619. The van der Waals surface area contributed by atoms with E-state index in [-0.39, 0.29) is 19.4 Å². The van der Waals surface area contributed by atoms with Crippen LogP contribution in [-0.2, 0) is 14.3 Å². The van der Waals surface area contributed by atoms with Crippen molar-refractivity contribution in [2.45, 2.75) is 12.8 Å². The van der Waals surface area contributed by atoms with Gasteiger partial charge in [0, 0.05) is 6.42 Å². The Bertz CT molecular complexity index is 463. The highest BCUT2D eigenvalue weighted by atomic mass is 16.5. The first-order valence-corrected chi connectivity index (χ1v) is 5.62. The van der Waals surface area contributed by atoms with Gasteiger partial charge in [0.15, 0.2) is 0 Å². The van der Waals surface area contributed by atoms with Crippen molar-refractivity contribution < 1.29 is 29.0 Å². The molecule has 1 aromatic rings. The van der Waals surface area contributed by atoms with Gasteiger partial charge in [0.1, 0.15) is 0 Å². The Balaban J connectivity index is 2.49. The highest BCUT2D eigenvalue weighted by Gasteiger charge is 2.10. The molecule has 1 rings (SSSR count). The zero-order valence-electron chi connectivity index (χ0n) is 10.4. The molecule has 0 radical (unpaired) electrons. The van der Waals surface area contributed by atoms with Gasteiger partial charge in [-0.15, -0.1) is 0 Å². The summed E-state index contributed by atoms with van der Waals surface area (Å²) in [6.07, 6.45) is 0.218. The van der Waals surface area contributed by atoms with Crippen molar-refractivity contribution >= 4 is 17.9 Å². The van der Waals surface area contributed by atoms with E-state index in [1.807, 2.05) is 0 Å². The van der Waals surface area contributed by atoms with Crippen LogP contribution in [0.15, 0.2) is 24.3 Å². The van der Waals surface area contributed by atoms with Gasteiger partial charge in [-0.1, -0.05) is 0 Å². The van der Waals surface area contributed by atoms with Crippen molar-refractivity contribution in [1.29, 1.82) is 0 Å². The summed E-state index contributed by atoms with van der Waals surface area (Å²) in [5.74, 6) is -1.97. The van der Waals surface area contributed by atoms with Gasteiger partial charge in [-0.25, -0.2) is 9.59 Å². The lowest BCUT2D eigenvalue weighted by Gasteiger charge is -2.04. The zero-order valence-corrected chi connectivity index (χ0v) is 10.4. The number of esters is 2. The van der Waals surface area contributed by atoms with E-state index in [4.69, 9.17) is 9.84 Å².